The minimum absolute atomic E-state index is 0.0549. The molecule has 0 radical (unpaired) electrons. The zero-order chi connectivity index (χ0) is 15.4. The van der Waals surface area contributed by atoms with E-state index in [0.29, 0.717) is 23.5 Å². The van der Waals surface area contributed by atoms with Gasteiger partial charge in [0.2, 0.25) is 0 Å². The third-order valence-corrected chi connectivity index (χ3v) is 3.14. The summed E-state index contributed by atoms with van der Waals surface area (Å²) in [6.07, 6.45) is 0. The number of nitrogen functional groups attached to an aromatic ring is 1. The van der Waals surface area contributed by atoms with Crippen molar-refractivity contribution in [3.63, 3.8) is 0 Å². The van der Waals surface area contributed by atoms with Crippen LogP contribution in [-0.4, -0.2) is 30.1 Å². The van der Waals surface area contributed by atoms with E-state index in [0.717, 1.165) is 5.56 Å². The molecule has 0 unspecified atom stereocenters. The van der Waals surface area contributed by atoms with E-state index in [1.165, 1.54) is 13.2 Å². The molecule has 3 N–H and O–H groups in total. The molecule has 0 spiro atoms. The van der Waals surface area contributed by atoms with E-state index in [1.807, 2.05) is 18.2 Å². The highest BCUT2D eigenvalue weighted by molar-refractivity contribution is 5.94. The largest absolute Gasteiger partial charge is 0.504 e. The molecule has 1 amide bonds. The summed E-state index contributed by atoms with van der Waals surface area (Å²) >= 11 is 0. The molecule has 0 atom stereocenters. The molecule has 2 aromatic carbocycles. The van der Waals surface area contributed by atoms with E-state index in [9.17, 15) is 9.90 Å². The second kappa shape index (κ2) is 6.17. The quantitative estimate of drug-likeness (QED) is 0.845. The first kappa shape index (κ1) is 14.7. The second-order valence-corrected chi connectivity index (χ2v) is 4.79. The van der Waals surface area contributed by atoms with Crippen LogP contribution in [0.5, 0.6) is 11.5 Å². The number of hydrogen-bond acceptors (Lipinski definition) is 4. The Morgan fingerprint density at radius 2 is 2.05 bits per heavy atom. The van der Waals surface area contributed by atoms with Gasteiger partial charge in [-0.3, -0.25) is 4.79 Å². The molecule has 2 aromatic rings. The Bertz CT molecular complexity index is 656. The first-order valence-corrected chi connectivity index (χ1v) is 6.48. The molecule has 0 saturated heterocycles. The maximum atomic E-state index is 12.3. The van der Waals surface area contributed by atoms with Crippen LogP contribution < -0.4 is 10.5 Å². The Morgan fingerprint density at radius 1 is 1.29 bits per heavy atom. The predicted molar refractivity (Wildman–Crippen MR) is 81.3 cm³/mol. The highest BCUT2D eigenvalue weighted by Crippen LogP contribution is 2.26. The van der Waals surface area contributed by atoms with Crippen LogP contribution in [0.1, 0.15) is 15.9 Å². The number of rotatable bonds is 4. The smallest absolute Gasteiger partial charge is 0.254 e. The van der Waals surface area contributed by atoms with Gasteiger partial charge >= 0.3 is 0 Å². The number of ether oxygens (including phenoxy) is 1. The van der Waals surface area contributed by atoms with Crippen LogP contribution in [0.3, 0.4) is 0 Å². The highest BCUT2D eigenvalue weighted by atomic mass is 16.5. The van der Waals surface area contributed by atoms with Crippen molar-refractivity contribution in [2.75, 3.05) is 19.9 Å². The summed E-state index contributed by atoms with van der Waals surface area (Å²) in [6.45, 7) is 0.441. The first-order valence-electron chi connectivity index (χ1n) is 6.48. The lowest BCUT2D eigenvalue weighted by Gasteiger charge is -2.18. The van der Waals surface area contributed by atoms with Crippen LogP contribution in [-0.2, 0) is 6.54 Å². The molecule has 0 aliphatic heterocycles. The van der Waals surface area contributed by atoms with Crippen LogP contribution in [0.4, 0.5) is 5.69 Å². The summed E-state index contributed by atoms with van der Waals surface area (Å²) in [5, 5.41) is 9.74. The van der Waals surface area contributed by atoms with Gasteiger partial charge < -0.3 is 20.5 Å². The number of nitrogens with zero attached hydrogens (tertiary/aromatic N) is 1. The van der Waals surface area contributed by atoms with Crippen LogP contribution in [0.15, 0.2) is 42.5 Å². The van der Waals surface area contributed by atoms with Crippen molar-refractivity contribution in [3.8, 4) is 11.5 Å². The standard InChI is InChI=1S/C16H18N2O3/c1-18(10-11-4-3-5-13(17)8-11)16(20)12-6-7-15(21-2)14(19)9-12/h3-9,19H,10,17H2,1-2H3. The minimum atomic E-state index is -0.185. The maximum absolute atomic E-state index is 12.3. The Kier molecular flexibility index (Phi) is 4.33. The molecular formula is C16H18N2O3. The van der Waals surface area contributed by atoms with Gasteiger partial charge in [-0.2, -0.15) is 0 Å². The van der Waals surface area contributed by atoms with Gasteiger partial charge in [-0.25, -0.2) is 0 Å². The van der Waals surface area contributed by atoms with Crippen molar-refractivity contribution in [3.05, 3.63) is 53.6 Å². The number of carbonyl (C=O) groups excluding carboxylic acids is 1. The fourth-order valence-electron chi connectivity index (χ4n) is 2.08. The van der Waals surface area contributed by atoms with Crippen molar-refractivity contribution < 1.29 is 14.6 Å². The number of nitrogens with two attached hydrogens (primary N) is 1. The Hall–Kier alpha value is -2.69. The number of amides is 1. The molecule has 2 rings (SSSR count). The van der Waals surface area contributed by atoms with Crippen molar-refractivity contribution >= 4 is 11.6 Å². The van der Waals surface area contributed by atoms with Gasteiger partial charge in [0.05, 0.1) is 7.11 Å². The molecule has 21 heavy (non-hydrogen) atoms. The number of hydrogen-bond donors (Lipinski definition) is 2. The molecular weight excluding hydrogens is 268 g/mol. The molecule has 0 fully saturated rings. The zero-order valence-electron chi connectivity index (χ0n) is 12.0. The van der Waals surface area contributed by atoms with Gasteiger partial charge in [-0.15, -0.1) is 0 Å². The van der Waals surface area contributed by atoms with Gasteiger partial charge in [0.25, 0.3) is 5.91 Å². The number of methoxy groups -OCH3 is 1. The number of phenols is 1. The predicted octanol–water partition coefficient (Wildman–Crippen LogP) is 2.26. The maximum Gasteiger partial charge on any atom is 0.254 e. The van der Waals surface area contributed by atoms with Crippen LogP contribution in [0.2, 0.25) is 0 Å². The average molecular weight is 286 g/mol. The number of aromatic hydroxyl groups is 1. The minimum Gasteiger partial charge on any atom is -0.504 e. The SMILES string of the molecule is COc1ccc(C(=O)N(C)Cc2cccc(N)c2)cc1O. The lowest BCUT2D eigenvalue weighted by molar-refractivity contribution is 0.0784. The lowest BCUT2D eigenvalue weighted by atomic mass is 10.1. The van der Waals surface area contributed by atoms with E-state index in [1.54, 1.807) is 30.1 Å². The van der Waals surface area contributed by atoms with Crippen molar-refractivity contribution in [2.45, 2.75) is 6.54 Å². The van der Waals surface area contributed by atoms with Crippen molar-refractivity contribution in [2.24, 2.45) is 0 Å². The Balaban J connectivity index is 2.14. The summed E-state index contributed by atoms with van der Waals surface area (Å²) in [6, 6.07) is 12.0. The molecule has 0 bridgehead atoms. The molecule has 5 heteroatoms. The lowest BCUT2D eigenvalue weighted by Crippen LogP contribution is -2.26. The fraction of sp³-hybridized carbons (Fsp3) is 0.188. The van der Waals surface area contributed by atoms with Crippen LogP contribution in [0, 0.1) is 0 Å². The summed E-state index contributed by atoms with van der Waals surface area (Å²) < 4.78 is 4.96. The van der Waals surface area contributed by atoms with Crippen molar-refractivity contribution in [1.29, 1.82) is 0 Å². The van der Waals surface area contributed by atoms with Gasteiger partial charge in [0, 0.05) is 24.8 Å². The van der Waals surface area contributed by atoms with E-state index in [2.05, 4.69) is 0 Å². The van der Waals surface area contributed by atoms with E-state index >= 15 is 0 Å². The van der Waals surface area contributed by atoms with E-state index in [-0.39, 0.29) is 11.7 Å². The zero-order valence-corrected chi connectivity index (χ0v) is 12.0. The van der Waals surface area contributed by atoms with Gasteiger partial charge in [0.15, 0.2) is 11.5 Å². The second-order valence-electron chi connectivity index (χ2n) is 4.79. The normalized spacial score (nSPS) is 10.2. The van der Waals surface area contributed by atoms with Crippen LogP contribution >= 0.6 is 0 Å². The molecule has 5 nitrogen and oxygen atoms in total. The van der Waals surface area contributed by atoms with Gasteiger partial charge in [-0.1, -0.05) is 12.1 Å². The number of phenolic OH excluding ortho intramolecular Hbond substituents is 1. The molecule has 0 aliphatic carbocycles. The van der Waals surface area contributed by atoms with Crippen molar-refractivity contribution in [1.82, 2.24) is 4.90 Å². The molecule has 0 heterocycles. The van der Waals surface area contributed by atoms with E-state index < -0.39 is 0 Å². The van der Waals surface area contributed by atoms with Crippen LogP contribution in [0.25, 0.3) is 0 Å². The third kappa shape index (κ3) is 3.45. The van der Waals surface area contributed by atoms with Gasteiger partial charge in [0.1, 0.15) is 0 Å². The van der Waals surface area contributed by atoms with E-state index in [4.69, 9.17) is 10.5 Å². The topological polar surface area (TPSA) is 75.8 Å². The first-order chi connectivity index (χ1) is 10.0. The Morgan fingerprint density at radius 3 is 2.67 bits per heavy atom. The third-order valence-electron chi connectivity index (χ3n) is 3.14. The number of benzene rings is 2. The summed E-state index contributed by atoms with van der Waals surface area (Å²) in [7, 11) is 3.16. The Labute approximate surface area is 123 Å². The molecule has 110 valence electrons. The summed E-state index contributed by atoms with van der Waals surface area (Å²) in [5.41, 5.74) is 7.74. The molecule has 0 aliphatic rings. The number of anilines is 1. The molecule has 0 aromatic heterocycles. The van der Waals surface area contributed by atoms with Gasteiger partial charge in [-0.05, 0) is 35.9 Å². The summed E-state index contributed by atoms with van der Waals surface area (Å²) in [4.78, 5) is 13.9. The monoisotopic (exact) mass is 286 g/mol. The fourth-order valence-corrected chi connectivity index (χ4v) is 2.08. The molecule has 0 saturated carbocycles. The summed E-state index contributed by atoms with van der Waals surface area (Å²) in [5.74, 6) is 0.0983. The highest BCUT2D eigenvalue weighted by Gasteiger charge is 2.14. The average Bonchev–Trinajstić information content (AvgIpc) is 2.46. The number of carbonyl (C=O) groups is 1.